The van der Waals surface area contributed by atoms with Crippen molar-refractivity contribution in [2.45, 2.75) is 13.5 Å². The van der Waals surface area contributed by atoms with Crippen LogP contribution in [0.2, 0.25) is 5.02 Å². The molecule has 0 aliphatic rings. The van der Waals surface area contributed by atoms with Crippen LogP contribution in [0.5, 0.6) is 5.75 Å². The number of thiocarbonyl (C=S) groups is 1. The maximum Gasteiger partial charge on any atom is 0.246 e. The van der Waals surface area contributed by atoms with Crippen LogP contribution in [0.4, 0.5) is 5.69 Å². The summed E-state index contributed by atoms with van der Waals surface area (Å²) in [5.74, 6) is 1.72. The highest BCUT2D eigenvalue weighted by Crippen LogP contribution is 2.19. The van der Waals surface area contributed by atoms with Crippen molar-refractivity contribution in [3.05, 3.63) is 59.4 Å². The molecule has 2 aromatic carbocycles. The second-order valence-corrected chi connectivity index (χ2v) is 6.13. The molecule has 6 nitrogen and oxygen atoms in total. The number of ether oxygens (including phenoxy) is 1. The number of rotatable bonds is 6. The van der Waals surface area contributed by atoms with E-state index in [1.165, 1.54) is 0 Å². The van der Waals surface area contributed by atoms with Crippen LogP contribution >= 0.6 is 23.8 Å². The van der Waals surface area contributed by atoms with Gasteiger partial charge < -0.3 is 19.9 Å². The molecule has 0 spiro atoms. The minimum atomic E-state index is 0.317. The van der Waals surface area contributed by atoms with Gasteiger partial charge in [-0.05, 0) is 55.5 Å². The maximum atomic E-state index is 5.88. The first kappa shape index (κ1) is 18.2. The molecule has 26 heavy (non-hydrogen) atoms. The van der Waals surface area contributed by atoms with Crippen LogP contribution in [0.25, 0.3) is 11.4 Å². The van der Waals surface area contributed by atoms with Crippen LogP contribution in [-0.4, -0.2) is 21.9 Å². The van der Waals surface area contributed by atoms with Gasteiger partial charge in [0.2, 0.25) is 11.7 Å². The molecule has 3 aromatic rings. The number of hydrogen-bond acceptors (Lipinski definition) is 5. The maximum absolute atomic E-state index is 5.88. The van der Waals surface area contributed by atoms with Gasteiger partial charge in [-0.25, -0.2) is 0 Å². The molecule has 134 valence electrons. The van der Waals surface area contributed by atoms with E-state index in [4.69, 9.17) is 33.1 Å². The SMILES string of the molecule is CCOc1cccc(NC(=S)NCc2nc(-c3ccc(Cl)cc3)no2)c1. The molecule has 0 fully saturated rings. The smallest absolute Gasteiger partial charge is 0.246 e. The average Bonchev–Trinajstić information content (AvgIpc) is 3.10. The normalized spacial score (nSPS) is 10.4. The number of nitrogens with zero attached hydrogens (tertiary/aromatic N) is 2. The largest absolute Gasteiger partial charge is 0.494 e. The quantitative estimate of drug-likeness (QED) is 0.610. The molecule has 2 N–H and O–H groups in total. The summed E-state index contributed by atoms with van der Waals surface area (Å²) < 4.78 is 10.7. The summed E-state index contributed by atoms with van der Waals surface area (Å²) >= 11 is 11.2. The number of benzene rings is 2. The summed E-state index contributed by atoms with van der Waals surface area (Å²) in [4.78, 5) is 4.34. The number of anilines is 1. The number of aromatic nitrogens is 2. The first-order valence-electron chi connectivity index (χ1n) is 8.00. The fraction of sp³-hybridized carbons (Fsp3) is 0.167. The third kappa shape index (κ3) is 4.93. The van der Waals surface area contributed by atoms with E-state index in [1.54, 1.807) is 12.1 Å². The predicted octanol–water partition coefficient (Wildman–Crippen LogP) is 4.28. The van der Waals surface area contributed by atoms with Gasteiger partial charge in [0.15, 0.2) is 5.11 Å². The molecule has 8 heteroatoms. The molecule has 0 radical (unpaired) electrons. The van der Waals surface area contributed by atoms with Gasteiger partial charge in [0.25, 0.3) is 0 Å². The lowest BCUT2D eigenvalue weighted by Crippen LogP contribution is -2.28. The van der Waals surface area contributed by atoms with E-state index < -0.39 is 0 Å². The summed E-state index contributed by atoms with van der Waals surface area (Å²) in [6, 6.07) is 14.8. The van der Waals surface area contributed by atoms with Gasteiger partial charge in [-0.15, -0.1) is 0 Å². The van der Waals surface area contributed by atoms with E-state index in [1.807, 2.05) is 43.3 Å². The van der Waals surface area contributed by atoms with Crippen LogP contribution in [-0.2, 0) is 6.54 Å². The van der Waals surface area contributed by atoms with Gasteiger partial charge in [0.05, 0.1) is 13.2 Å². The molecule has 3 rings (SSSR count). The Bertz CT molecular complexity index is 883. The Morgan fingerprint density at radius 2 is 2.04 bits per heavy atom. The number of halogens is 1. The topological polar surface area (TPSA) is 72.2 Å². The highest BCUT2D eigenvalue weighted by Gasteiger charge is 2.09. The Labute approximate surface area is 161 Å². The summed E-state index contributed by atoms with van der Waals surface area (Å²) in [5, 5.41) is 11.2. The van der Waals surface area contributed by atoms with Crippen molar-refractivity contribution < 1.29 is 9.26 Å². The second-order valence-electron chi connectivity index (χ2n) is 5.29. The third-order valence-electron chi connectivity index (χ3n) is 3.37. The lowest BCUT2D eigenvalue weighted by molar-refractivity contribution is 0.340. The van der Waals surface area contributed by atoms with E-state index in [0.717, 1.165) is 17.0 Å². The van der Waals surface area contributed by atoms with Crippen LogP contribution in [0.15, 0.2) is 53.1 Å². The van der Waals surface area contributed by atoms with Crippen molar-refractivity contribution in [1.82, 2.24) is 15.5 Å². The standard InChI is InChI=1S/C18H17ClN4O2S/c1-2-24-15-5-3-4-14(10-15)21-18(26)20-11-16-22-17(23-25-16)12-6-8-13(19)9-7-12/h3-10H,2,11H2,1H3,(H2,20,21,26). The lowest BCUT2D eigenvalue weighted by atomic mass is 10.2. The van der Waals surface area contributed by atoms with Crippen LogP contribution < -0.4 is 15.4 Å². The predicted molar refractivity (Wildman–Crippen MR) is 105 cm³/mol. The van der Waals surface area contributed by atoms with Gasteiger partial charge in [-0.3, -0.25) is 0 Å². The average molecular weight is 389 g/mol. The summed E-state index contributed by atoms with van der Waals surface area (Å²) in [5.41, 5.74) is 1.67. The van der Waals surface area contributed by atoms with Gasteiger partial charge in [0.1, 0.15) is 5.75 Å². The molecular weight excluding hydrogens is 372 g/mol. The molecule has 1 heterocycles. The van der Waals surface area contributed by atoms with Gasteiger partial charge in [0, 0.05) is 22.3 Å². The van der Waals surface area contributed by atoms with E-state index in [-0.39, 0.29) is 0 Å². The van der Waals surface area contributed by atoms with Crippen molar-refractivity contribution in [1.29, 1.82) is 0 Å². The zero-order valence-corrected chi connectivity index (χ0v) is 15.6. The van der Waals surface area contributed by atoms with Gasteiger partial charge in [-0.1, -0.05) is 22.8 Å². The van der Waals surface area contributed by atoms with Crippen LogP contribution in [0.3, 0.4) is 0 Å². The minimum absolute atomic E-state index is 0.317. The van der Waals surface area contributed by atoms with Crippen molar-refractivity contribution in [2.75, 3.05) is 11.9 Å². The molecule has 0 saturated heterocycles. The molecule has 0 unspecified atom stereocenters. The lowest BCUT2D eigenvalue weighted by Gasteiger charge is -2.10. The third-order valence-corrected chi connectivity index (χ3v) is 3.87. The molecule has 0 saturated carbocycles. The van der Waals surface area contributed by atoms with Gasteiger partial charge >= 0.3 is 0 Å². The fourth-order valence-corrected chi connectivity index (χ4v) is 2.52. The second kappa shape index (κ2) is 8.64. The van der Waals surface area contributed by atoms with Crippen molar-refractivity contribution in [3.8, 4) is 17.1 Å². The molecule has 1 aromatic heterocycles. The first-order chi connectivity index (χ1) is 12.6. The Balaban J connectivity index is 1.55. The van der Waals surface area contributed by atoms with E-state index in [9.17, 15) is 0 Å². The Hall–Kier alpha value is -2.64. The van der Waals surface area contributed by atoms with Crippen LogP contribution in [0, 0.1) is 0 Å². The molecule has 0 amide bonds. The van der Waals surface area contributed by atoms with Crippen molar-refractivity contribution >= 4 is 34.6 Å². The number of hydrogen-bond donors (Lipinski definition) is 2. The van der Waals surface area contributed by atoms with E-state index in [0.29, 0.717) is 35.0 Å². The minimum Gasteiger partial charge on any atom is -0.494 e. The van der Waals surface area contributed by atoms with Crippen molar-refractivity contribution in [3.63, 3.8) is 0 Å². The molecule has 0 aliphatic carbocycles. The highest BCUT2D eigenvalue weighted by molar-refractivity contribution is 7.80. The monoisotopic (exact) mass is 388 g/mol. The number of nitrogens with one attached hydrogen (secondary N) is 2. The van der Waals surface area contributed by atoms with E-state index in [2.05, 4.69) is 20.8 Å². The van der Waals surface area contributed by atoms with Crippen LogP contribution in [0.1, 0.15) is 12.8 Å². The summed E-state index contributed by atoms with van der Waals surface area (Å²) in [6.07, 6.45) is 0. The van der Waals surface area contributed by atoms with E-state index >= 15 is 0 Å². The first-order valence-corrected chi connectivity index (χ1v) is 8.79. The van der Waals surface area contributed by atoms with Crippen molar-refractivity contribution in [2.24, 2.45) is 0 Å². The summed E-state index contributed by atoms with van der Waals surface area (Å²) in [6.45, 7) is 2.87. The Kier molecular flexibility index (Phi) is 6.04. The Morgan fingerprint density at radius 1 is 1.23 bits per heavy atom. The molecule has 0 atom stereocenters. The molecule has 0 aliphatic heterocycles. The fourth-order valence-electron chi connectivity index (χ4n) is 2.20. The molecular formula is C18H17ClN4O2S. The Morgan fingerprint density at radius 3 is 2.81 bits per heavy atom. The summed E-state index contributed by atoms with van der Waals surface area (Å²) in [7, 11) is 0. The zero-order valence-electron chi connectivity index (χ0n) is 14.0. The molecule has 0 bridgehead atoms. The zero-order chi connectivity index (χ0) is 18.4. The highest BCUT2D eigenvalue weighted by atomic mass is 35.5. The van der Waals surface area contributed by atoms with Gasteiger partial charge in [-0.2, -0.15) is 4.98 Å².